The number of ether oxygens (including phenoxy) is 1. The molecule has 1 saturated carbocycles. The lowest BCUT2D eigenvalue weighted by Crippen LogP contribution is -2.43. The van der Waals surface area contributed by atoms with E-state index in [9.17, 15) is 9.18 Å². The average molecular weight is 281 g/mol. The Kier molecular flexibility index (Phi) is 3.28. The Hall–Kier alpha value is -1.43. The van der Waals surface area contributed by atoms with Gasteiger partial charge in [-0.25, -0.2) is 4.39 Å². The van der Waals surface area contributed by atoms with E-state index in [0.717, 1.165) is 17.8 Å². The molecule has 0 aromatic carbocycles. The molecule has 1 aliphatic carbocycles. The van der Waals surface area contributed by atoms with Gasteiger partial charge in [-0.15, -0.1) is 0 Å². The number of rotatable bonds is 4. The molecule has 1 aromatic heterocycles. The maximum atomic E-state index is 14.0. The molecular formula is C14H20FN3O2. The van der Waals surface area contributed by atoms with Crippen molar-refractivity contribution in [2.75, 3.05) is 20.3 Å². The van der Waals surface area contributed by atoms with E-state index >= 15 is 0 Å². The number of aryl methyl sites for hydroxylation is 1. The van der Waals surface area contributed by atoms with E-state index in [1.807, 2.05) is 17.8 Å². The predicted octanol–water partition coefficient (Wildman–Crippen LogP) is 1.48. The summed E-state index contributed by atoms with van der Waals surface area (Å²) < 4.78 is 21.1. The lowest BCUT2D eigenvalue weighted by atomic mass is 9.97. The second kappa shape index (κ2) is 4.84. The molecule has 1 atom stereocenters. The molecule has 2 aliphatic rings. The molecule has 20 heavy (non-hydrogen) atoms. The molecule has 3 rings (SSSR count). The Morgan fingerprint density at radius 3 is 2.95 bits per heavy atom. The number of hydrogen-bond donors (Lipinski definition) is 0. The van der Waals surface area contributed by atoms with Gasteiger partial charge in [0.05, 0.1) is 12.3 Å². The smallest absolute Gasteiger partial charge is 0.260 e. The predicted molar refractivity (Wildman–Crippen MR) is 71.0 cm³/mol. The minimum absolute atomic E-state index is 0.0304. The molecule has 0 radical (unpaired) electrons. The van der Waals surface area contributed by atoms with Crippen molar-refractivity contribution in [1.82, 2.24) is 14.7 Å². The zero-order valence-corrected chi connectivity index (χ0v) is 11.9. The molecule has 1 amide bonds. The van der Waals surface area contributed by atoms with Crippen LogP contribution >= 0.6 is 0 Å². The molecule has 110 valence electrons. The second-order valence-corrected chi connectivity index (χ2v) is 5.70. The molecule has 0 bridgehead atoms. The summed E-state index contributed by atoms with van der Waals surface area (Å²) in [5.74, 6) is -0.337. The summed E-state index contributed by atoms with van der Waals surface area (Å²) in [6, 6.07) is 0. The zero-order chi connectivity index (χ0) is 14.3. The second-order valence-electron chi connectivity index (χ2n) is 5.70. The minimum Gasteiger partial charge on any atom is -0.384 e. The van der Waals surface area contributed by atoms with Crippen LogP contribution in [0.15, 0.2) is 6.20 Å². The van der Waals surface area contributed by atoms with Crippen LogP contribution in [0.1, 0.15) is 36.9 Å². The van der Waals surface area contributed by atoms with Gasteiger partial charge in [-0.1, -0.05) is 0 Å². The van der Waals surface area contributed by atoms with Crippen LogP contribution in [0.25, 0.3) is 0 Å². The number of nitrogens with zero attached hydrogens (tertiary/aromatic N) is 3. The van der Waals surface area contributed by atoms with Crippen LogP contribution in [0.5, 0.6) is 0 Å². The fourth-order valence-corrected chi connectivity index (χ4v) is 2.82. The van der Waals surface area contributed by atoms with Crippen molar-refractivity contribution in [2.24, 2.45) is 0 Å². The molecule has 0 saturated heterocycles. The first-order valence-electron chi connectivity index (χ1n) is 7.11. The maximum Gasteiger partial charge on any atom is 0.260 e. The van der Waals surface area contributed by atoms with Crippen LogP contribution in [0.2, 0.25) is 0 Å². The van der Waals surface area contributed by atoms with E-state index in [0.29, 0.717) is 32.5 Å². The fourth-order valence-electron chi connectivity index (χ4n) is 2.82. The Morgan fingerprint density at radius 1 is 1.60 bits per heavy atom. The third-order valence-electron chi connectivity index (χ3n) is 4.11. The third kappa shape index (κ3) is 2.22. The highest BCUT2D eigenvalue weighted by atomic mass is 19.1. The summed E-state index contributed by atoms with van der Waals surface area (Å²) in [5, 5.41) is 4.55. The van der Waals surface area contributed by atoms with Gasteiger partial charge in [-0.2, -0.15) is 5.10 Å². The van der Waals surface area contributed by atoms with Gasteiger partial charge in [-0.3, -0.25) is 9.48 Å². The monoisotopic (exact) mass is 281 g/mol. The van der Waals surface area contributed by atoms with Gasteiger partial charge < -0.3 is 9.64 Å². The van der Waals surface area contributed by atoms with Crippen molar-refractivity contribution in [3.63, 3.8) is 0 Å². The van der Waals surface area contributed by atoms with E-state index in [2.05, 4.69) is 5.10 Å². The van der Waals surface area contributed by atoms with Crippen molar-refractivity contribution in [3.05, 3.63) is 17.5 Å². The summed E-state index contributed by atoms with van der Waals surface area (Å²) in [7, 11) is 1.63. The van der Waals surface area contributed by atoms with Gasteiger partial charge in [0, 0.05) is 44.4 Å². The van der Waals surface area contributed by atoms with Gasteiger partial charge in [0.25, 0.3) is 5.91 Å². The van der Waals surface area contributed by atoms with Crippen LogP contribution in [-0.4, -0.2) is 46.5 Å². The number of methoxy groups -OCH3 is 1. The van der Waals surface area contributed by atoms with Crippen LogP contribution in [0.3, 0.4) is 0 Å². The summed E-state index contributed by atoms with van der Waals surface area (Å²) in [5.41, 5.74) is 0.398. The topological polar surface area (TPSA) is 47.4 Å². The molecule has 0 unspecified atom stereocenters. The molecule has 5 nitrogen and oxygen atoms in total. The SMILES string of the molecule is CCn1cc2c(n1)[C@@H](COC)CN(C(=O)C1(F)CC1)C2. The highest BCUT2D eigenvalue weighted by Crippen LogP contribution is 2.42. The number of carbonyl (C=O) groups is 1. The lowest BCUT2D eigenvalue weighted by Gasteiger charge is -2.32. The Bertz CT molecular complexity index is 524. The molecule has 6 heteroatoms. The van der Waals surface area contributed by atoms with Crippen LogP contribution < -0.4 is 0 Å². The van der Waals surface area contributed by atoms with E-state index in [4.69, 9.17) is 4.74 Å². The lowest BCUT2D eigenvalue weighted by molar-refractivity contribution is -0.139. The molecule has 1 fully saturated rings. The number of amides is 1. The summed E-state index contributed by atoms with van der Waals surface area (Å²) in [4.78, 5) is 13.8. The van der Waals surface area contributed by atoms with Gasteiger partial charge in [0.15, 0.2) is 5.67 Å². The van der Waals surface area contributed by atoms with E-state index in [-0.39, 0.29) is 11.8 Å². The number of carbonyl (C=O) groups excluding carboxylic acids is 1. The largest absolute Gasteiger partial charge is 0.384 e. The average Bonchev–Trinajstić information content (AvgIpc) is 3.04. The standard InChI is InChI=1S/C14H20FN3O2/c1-3-18-8-10-6-17(13(19)14(15)4-5-14)7-11(9-20-2)12(10)16-18/h8,11H,3-7,9H2,1-2H3/t11-/m1/s1. The summed E-state index contributed by atoms with van der Waals surface area (Å²) >= 11 is 0. The highest BCUT2D eigenvalue weighted by molar-refractivity contribution is 5.88. The van der Waals surface area contributed by atoms with Gasteiger partial charge in [-0.05, 0) is 19.8 Å². The van der Waals surface area contributed by atoms with E-state index in [1.165, 1.54) is 0 Å². The fraction of sp³-hybridized carbons (Fsp3) is 0.714. The summed E-state index contributed by atoms with van der Waals surface area (Å²) in [6.07, 6.45) is 2.67. The number of hydrogen-bond acceptors (Lipinski definition) is 3. The number of halogens is 1. The number of fused-ring (bicyclic) bond motifs is 1. The quantitative estimate of drug-likeness (QED) is 0.840. The van der Waals surface area contributed by atoms with Gasteiger partial charge in [0.1, 0.15) is 0 Å². The van der Waals surface area contributed by atoms with Crippen molar-refractivity contribution >= 4 is 5.91 Å². The van der Waals surface area contributed by atoms with Crippen LogP contribution in [-0.2, 0) is 22.6 Å². The first-order chi connectivity index (χ1) is 9.57. The van der Waals surface area contributed by atoms with Gasteiger partial charge in [0.2, 0.25) is 0 Å². The molecule has 2 heterocycles. The first-order valence-corrected chi connectivity index (χ1v) is 7.11. The number of alkyl halides is 1. The minimum atomic E-state index is -1.60. The molecule has 1 aromatic rings. The highest BCUT2D eigenvalue weighted by Gasteiger charge is 2.53. The van der Waals surface area contributed by atoms with Gasteiger partial charge >= 0.3 is 0 Å². The summed E-state index contributed by atoms with van der Waals surface area (Å²) in [6.45, 7) is 4.25. The van der Waals surface area contributed by atoms with Crippen molar-refractivity contribution in [1.29, 1.82) is 0 Å². The molecular weight excluding hydrogens is 261 g/mol. The Balaban J connectivity index is 1.85. The maximum absolute atomic E-state index is 14.0. The first kappa shape index (κ1) is 13.5. The molecule has 0 N–H and O–H groups in total. The van der Waals surface area contributed by atoms with Crippen LogP contribution in [0.4, 0.5) is 4.39 Å². The third-order valence-corrected chi connectivity index (χ3v) is 4.11. The Labute approximate surface area is 117 Å². The number of aromatic nitrogens is 2. The Morgan fingerprint density at radius 2 is 2.35 bits per heavy atom. The normalized spacial score (nSPS) is 23.6. The van der Waals surface area contributed by atoms with Crippen LogP contribution in [0, 0.1) is 0 Å². The van der Waals surface area contributed by atoms with E-state index < -0.39 is 5.67 Å². The molecule has 1 aliphatic heterocycles. The molecule has 0 spiro atoms. The van der Waals surface area contributed by atoms with Crippen molar-refractivity contribution in [3.8, 4) is 0 Å². The van der Waals surface area contributed by atoms with Crippen molar-refractivity contribution in [2.45, 2.75) is 44.4 Å². The van der Waals surface area contributed by atoms with Crippen molar-refractivity contribution < 1.29 is 13.9 Å². The zero-order valence-electron chi connectivity index (χ0n) is 11.9. The van der Waals surface area contributed by atoms with E-state index in [1.54, 1.807) is 12.0 Å².